The fourth-order valence-electron chi connectivity index (χ4n) is 0.738. The monoisotopic (exact) mass is 160 g/mol. The minimum Gasteiger partial charge on any atom is -0.490 e. The third-order valence-electron chi connectivity index (χ3n) is 1.32. The summed E-state index contributed by atoms with van der Waals surface area (Å²) in [5.41, 5.74) is 0. The van der Waals surface area contributed by atoms with Gasteiger partial charge in [-0.2, -0.15) is 0 Å². The lowest BCUT2D eigenvalue weighted by atomic mass is 10.3. The summed E-state index contributed by atoms with van der Waals surface area (Å²) in [5.74, 6) is 0.753. The van der Waals surface area contributed by atoms with Gasteiger partial charge in [-0.1, -0.05) is 0 Å². The third-order valence-corrected chi connectivity index (χ3v) is 1.32. The van der Waals surface area contributed by atoms with Crippen LogP contribution in [0, 0.1) is 0 Å². The fourth-order valence-corrected chi connectivity index (χ4v) is 0.738. The normalized spacial score (nSPS) is 9.91. The standard InChI is InChI=1S/C8H12O3/c9-4-1-2-5-11-8-3-6-10-7-8/h3,6-7,9H,1-2,4-5H2/p+4. The van der Waals surface area contributed by atoms with Crippen LogP contribution in [0.25, 0.3) is 0 Å². The van der Waals surface area contributed by atoms with Crippen LogP contribution in [0.2, 0.25) is 0 Å². The zero-order chi connectivity index (χ0) is 7.94. The van der Waals surface area contributed by atoms with Crippen LogP contribution in [0.5, 0.6) is 5.75 Å². The number of aliphatic hydroxyl groups is 1. The number of furan rings is 1. The van der Waals surface area contributed by atoms with Crippen molar-refractivity contribution in [2.24, 2.45) is 0 Å². The maximum atomic E-state index is 8.45. The molecule has 0 amide bonds. The molecule has 0 unspecified atom stereocenters. The highest BCUT2D eigenvalue weighted by atomic mass is 16.5. The van der Waals surface area contributed by atoms with Gasteiger partial charge >= 0.3 is 5.71 Å². The van der Waals surface area contributed by atoms with Gasteiger partial charge in [-0.15, -0.1) is 0 Å². The first kappa shape index (κ1) is 8.14. The van der Waals surface area contributed by atoms with Gasteiger partial charge in [0.15, 0.2) is 5.75 Å². The van der Waals surface area contributed by atoms with E-state index in [2.05, 4.69) is 0 Å². The van der Waals surface area contributed by atoms with Gasteiger partial charge in [-0.05, 0) is 12.8 Å². The summed E-state index contributed by atoms with van der Waals surface area (Å²) >= 11 is 0. The number of hydrogen-bond donors (Lipinski definition) is 1. The van der Waals surface area contributed by atoms with Gasteiger partial charge in [0.1, 0.15) is 6.26 Å². The molecule has 0 atom stereocenters. The van der Waals surface area contributed by atoms with Crippen molar-refractivity contribution in [3.05, 3.63) is 18.6 Å². The first-order chi connectivity index (χ1) is 5.43. The minimum absolute atomic E-state index is 0. The van der Waals surface area contributed by atoms with E-state index < -0.39 is 0 Å². The molecule has 1 rings (SSSR count). The Kier molecular flexibility index (Phi) is 3.55. The lowest BCUT2D eigenvalue weighted by Crippen LogP contribution is -1.97. The van der Waals surface area contributed by atoms with Crippen molar-refractivity contribution in [2.75, 3.05) is 13.2 Å². The van der Waals surface area contributed by atoms with E-state index >= 15 is 0 Å². The van der Waals surface area contributed by atoms with Gasteiger partial charge < -0.3 is 14.3 Å². The molecule has 0 aliphatic rings. The van der Waals surface area contributed by atoms with Crippen molar-refractivity contribution in [3.8, 4) is 5.75 Å². The number of unbranched alkanes of at least 4 members (excludes halogenated alkanes) is 1. The predicted molar refractivity (Wildman–Crippen MR) is 45.0 cm³/mol. The van der Waals surface area contributed by atoms with Crippen LogP contribution in [0.3, 0.4) is 0 Å². The SMILES string of the molecule is OCCCCOc1ccoc1.[H+].[H+].[H+].[H+]. The second-order valence-corrected chi connectivity index (χ2v) is 2.24. The van der Waals surface area contributed by atoms with E-state index in [0.717, 1.165) is 18.6 Å². The molecule has 3 heteroatoms. The van der Waals surface area contributed by atoms with E-state index in [0.29, 0.717) is 6.61 Å². The molecule has 1 N–H and O–H groups in total. The van der Waals surface area contributed by atoms with Crippen molar-refractivity contribution >= 4 is 0 Å². The molecule has 1 heterocycles. The molecular weight excluding hydrogens is 144 g/mol. The summed E-state index contributed by atoms with van der Waals surface area (Å²) in [7, 11) is 0. The van der Waals surface area contributed by atoms with Crippen LogP contribution in [0.15, 0.2) is 23.0 Å². The number of rotatable bonds is 5. The van der Waals surface area contributed by atoms with Crippen molar-refractivity contribution in [1.82, 2.24) is 0 Å². The van der Waals surface area contributed by atoms with Crippen molar-refractivity contribution in [2.45, 2.75) is 12.8 Å². The Bertz CT molecular complexity index is 182. The van der Waals surface area contributed by atoms with Gasteiger partial charge in [0.25, 0.3) is 0 Å². The average molecular weight is 160 g/mol. The summed E-state index contributed by atoms with van der Waals surface area (Å²) in [6.07, 6.45) is 4.79. The van der Waals surface area contributed by atoms with Crippen LogP contribution in [-0.2, 0) is 0 Å². The van der Waals surface area contributed by atoms with E-state index in [9.17, 15) is 0 Å². The van der Waals surface area contributed by atoms with Crippen LogP contribution >= 0.6 is 0 Å². The van der Waals surface area contributed by atoms with Crippen molar-refractivity contribution < 1.29 is 20.0 Å². The van der Waals surface area contributed by atoms with Crippen LogP contribution in [-0.4, -0.2) is 18.3 Å². The Hall–Kier alpha value is -0.960. The van der Waals surface area contributed by atoms with E-state index in [4.69, 9.17) is 14.3 Å². The van der Waals surface area contributed by atoms with E-state index in [-0.39, 0.29) is 12.3 Å². The summed E-state index contributed by atoms with van der Waals surface area (Å²) in [6, 6.07) is 1.76. The van der Waals surface area contributed by atoms with Gasteiger partial charge in [-0.3, -0.25) is 0 Å². The second kappa shape index (κ2) is 4.79. The Morgan fingerprint density at radius 2 is 2.45 bits per heavy atom. The van der Waals surface area contributed by atoms with Crippen LogP contribution in [0.4, 0.5) is 0 Å². The Balaban J connectivity index is -0.000000151. The maximum Gasteiger partial charge on any atom is 1.00 e. The highest BCUT2D eigenvalue weighted by Gasteiger charge is 1.92. The molecule has 0 aliphatic carbocycles. The van der Waals surface area contributed by atoms with Crippen molar-refractivity contribution in [1.29, 1.82) is 0 Å². The molecule has 0 aromatic carbocycles. The largest absolute Gasteiger partial charge is 1.00 e. The summed E-state index contributed by atoms with van der Waals surface area (Å²) in [5, 5.41) is 8.45. The summed E-state index contributed by atoms with van der Waals surface area (Å²) in [6.45, 7) is 0.870. The predicted octanol–water partition coefficient (Wildman–Crippen LogP) is 1.88. The number of hydrogen-bond acceptors (Lipinski definition) is 3. The van der Waals surface area contributed by atoms with E-state index in [1.54, 1.807) is 18.6 Å². The van der Waals surface area contributed by atoms with Crippen molar-refractivity contribution in [3.63, 3.8) is 0 Å². The third kappa shape index (κ3) is 3.09. The summed E-state index contributed by atoms with van der Waals surface area (Å²) in [4.78, 5) is 0. The molecule has 0 radical (unpaired) electrons. The highest BCUT2D eigenvalue weighted by Crippen LogP contribution is 2.09. The lowest BCUT2D eigenvalue weighted by Gasteiger charge is -2.00. The lowest BCUT2D eigenvalue weighted by molar-refractivity contribution is 0.252. The Labute approximate surface area is 71.5 Å². The summed E-state index contributed by atoms with van der Waals surface area (Å²) < 4.78 is 10.0. The topological polar surface area (TPSA) is 42.6 Å². The zero-order valence-electron chi connectivity index (χ0n) is 10.3. The molecule has 0 saturated heterocycles. The molecule has 0 aliphatic heterocycles. The molecule has 0 saturated carbocycles. The molecule has 62 valence electrons. The second-order valence-electron chi connectivity index (χ2n) is 2.24. The van der Waals surface area contributed by atoms with Gasteiger partial charge in [0.2, 0.25) is 0 Å². The first-order valence-corrected chi connectivity index (χ1v) is 3.69. The highest BCUT2D eigenvalue weighted by molar-refractivity contribution is 5.12. The molecule has 0 spiro atoms. The van der Waals surface area contributed by atoms with Gasteiger partial charge in [0.05, 0.1) is 12.9 Å². The molecular formula is C8H16O3+4. The smallest absolute Gasteiger partial charge is 0.490 e. The van der Waals surface area contributed by atoms with Crippen LogP contribution in [0.1, 0.15) is 18.5 Å². The Morgan fingerprint density at radius 3 is 3.09 bits per heavy atom. The molecule has 0 bridgehead atoms. The maximum absolute atomic E-state index is 8.45. The van der Waals surface area contributed by atoms with E-state index in [1.165, 1.54) is 0 Å². The van der Waals surface area contributed by atoms with Gasteiger partial charge in [0, 0.05) is 12.7 Å². The minimum atomic E-state index is 0. The molecule has 3 nitrogen and oxygen atoms in total. The van der Waals surface area contributed by atoms with Crippen LogP contribution < -0.4 is 4.74 Å². The number of ether oxygens (including phenoxy) is 1. The van der Waals surface area contributed by atoms with E-state index in [1.807, 2.05) is 0 Å². The Morgan fingerprint density at radius 1 is 1.55 bits per heavy atom. The quantitative estimate of drug-likeness (QED) is 0.669. The molecule has 1 aromatic heterocycles. The first-order valence-electron chi connectivity index (χ1n) is 3.69. The zero-order valence-corrected chi connectivity index (χ0v) is 6.32. The molecule has 11 heavy (non-hydrogen) atoms. The molecule has 1 aromatic rings. The van der Waals surface area contributed by atoms with Gasteiger partial charge in [-0.25, -0.2) is 0 Å². The average Bonchev–Trinajstić information content (AvgIpc) is 2.50. The number of aliphatic hydroxyl groups excluding tert-OH is 1. The fraction of sp³-hybridized carbons (Fsp3) is 0.500. The molecule has 0 fully saturated rings.